The lowest BCUT2D eigenvalue weighted by atomic mass is 9.93. The molecule has 1 atom stereocenters. The van der Waals surface area contributed by atoms with Gasteiger partial charge in [-0.15, -0.1) is 11.3 Å². The summed E-state index contributed by atoms with van der Waals surface area (Å²) >= 11 is 1.81. The largest absolute Gasteiger partial charge is 0.455 e. The Hall–Kier alpha value is -6.30. The number of benzene rings is 7. The van der Waals surface area contributed by atoms with Crippen LogP contribution in [-0.4, -0.2) is 11.7 Å². The van der Waals surface area contributed by atoms with E-state index in [2.05, 4.69) is 133 Å². The highest BCUT2D eigenvalue weighted by Crippen LogP contribution is 2.42. The molecule has 0 fully saturated rings. The Bertz CT molecular complexity index is 2790. The molecule has 9 aromatic rings. The minimum absolute atomic E-state index is 0.231. The molecule has 0 spiro atoms. The van der Waals surface area contributed by atoms with Gasteiger partial charge in [0.05, 0.1) is 0 Å². The van der Waals surface area contributed by atoms with E-state index in [4.69, 9.17) is 14.4 Å². The number of furan rings is 1. The van der Waals surface area contributed by atoms with Crippen molar-refractivity contribution in [2.45, 2.75) is 6.17 Å². The zero-order valence-corrected chi connectivity index (χ0v) is 27.7. The predicted octanol–water partition coefficient (Wildman–Crippen LogP) is 11.8. The third-order valence-corrected chi connectivity index (χ3v) is 10.7. The number of rotatable bonds is 5. The summed E-state index contributed by atoms with van der Waals surface area (Å²) in [6.07, 6.45) is -0.231. The lowest BCUT2D eigenvalue weighted by Crippen LogP contribution is -2.33. The minimum atomic E-state index is -0.231. The van der Waals surface area contributed by atoms with Crippen LogP contribution in [0, 0.1) is 0 Å². The molecule has 4 nitrogen and oxygen atoms in total. The quantitative estimate of drug-likeness (QED) is 0.200. The first-order chi connectivity index (χ1) is 24.8. The Labute approximate surface area is 292 Å². The summed E-state index contributed by atoms with van der Waals surface area (Å²) in [5.74, 6) is 1.55. The molecule has 0 saturated heterocycles. The van der Waals surface area contributed by atoms with E-state index in [1.807, 2.05) is 47.7 Å². The van der Waals surface area contributed by atoms with Gasteiger partial charge in [-0.2, -0.15) is 0 Å². The standard InChI is InChI=1S/C45H29N3OS/c1-3-12-28(13-4-1)43-46-44(29-14-5-2-6-15-29)48-45(47-43)31-23-25-36-35-24-22-30(26-40(35)50-41(36)27-31)32-16-7-8-17-33(32)37-19-11-20-38-34-18-9-10-21-39(34)49-42(37)38/h1-27,43H,(H,46,47,48). The molecule has 1 unspecified atom stereocenters. The number of hydrogen-bond donors (Lipinski definition) is 1. The van der Waals surface area contributed by atoms with Crippen molar-refractivity contribution < 1.29 is 4.42 Å². The Balaban J connectivity index is 1.06. The Morgan fingerprint density at radius 2 is 1.14 bits per heavy atom. The van der Waals surface area contributed by atoms with Gasteiger partial charge in [-0.1, -0.05) is 146 Å². The smallest absolute Gasteiger partial charge is 0.159 e. The third kappa shape index (κ3) is 4.82. The number of hydrogen-bond acceptors (Lipinski definition) is 5. The van der Waals surface area contributed by atoms with Gasteiger partial charge >= 0.3 is 0 Å². The molecule has 0 aliphatic carbocycles. The average molecular weight is 660 g/mol. The topological polar surface area (TPSA) is 49.9 Å². The normalized spacial score (nSPS) is 14.6. The highest BCUT2D eigenvalue weighted by atomic mass is 32.1. The van der Waals surface area contributed by atoms with Crippen LogP contribution >= 0.6 is 11.3 Å². The maximum absolute atomic E-state index is 6.44. The van der Waals surface area contributed by atoms with Crippen LogP contribution in [-0.2, 0) is 0 Å². The van der Waals surface area contributed by atoms with Crippen molar-refractivity contribution >= 4 is 65.1 Å². The second-order valence-electron chi connectivity index (χ2n) is 12.6. The van der Waals surface area contributed by atoms with E-state index in [1.165, 1.54) is 31.3 Å². The molecular formula is C45H29N3OS. The third-order valence-electron chi connectivity index (χ3n) is 9.57. The van der Waals surface area contributed by atoms with Crippen molar-refractivity contribution in [3.63, 3.8) is 0 Å². The molecule has 1 aliphatic heterocycles. The molecular weight excluding hydrogens is 631 g/mol. The van der Waals surface area contributed by atoms with Crippen molar-refractivity contribution in [3.8, 4) is 22.3 Å². The van der Waals surface area contributed by atoms with Gasteiger partial charge in [-0.3, -0.25) is 0 Å². The number of nitrogens with one attached hydrogen (secondary N) is 1. The summed E-state index contributed by atoms with van der Waals surface area (Å²) in [6.45, 7) is 0. The number of amidine groups is 2. The SMILES string of the molecule is c1ccc(C2=NC(c3ccc4c(c3)sc3cc(-c5ccccc5-c5cccc6c5oc5ccccc56)ccc34)=NC(c3ccccc3)N2)cc1. The number of nitrogens with zero attached hydrogens (tertiary/aromatic N) is 2. The van der Waals surface area contributed by atoms with E-state index in [0.29, 0.717) is 0 Å². The molecule has 5 heteroatoms. The van der Waals surface area contributed by atoms with Gasteiger partial charge in [0.15, 0.2) is 5.84 Å². The van der Waals surface area contributed by atoms with E-state index >= 15 is 0 Å². The van der Waals surface area contributed by atoms with Crippen LogP contribution in [0.3, 0.4) is 0 Å². The lowest BCUT2D eigenvalue weighted by Gasteiger charge is -2.23. The van der Waals surface area contributed by atoms with Crippen LogP contribution in [0.1, 0.15) is 22.9 Å². The first-order valence-corrected chi connectivity index (χ1v) is 17.6. The zero-order chi connectivity index (χ0) is 33.0. The van der Waals surface area contributed by atoms with Crippen LogP contribution < -0.4 is 5.32 Å². The molecule has 2 aromatic heterocycles. The predicted molar refractivity (Wildman–Crippen MR) is 209 cm³/mol. The highest BCUT2D eigenvalue weighted by molar-refractivity contribution is 7.25. The summed E-state index contributed by atoms with van der Waals surface area (Å²) in [5.41, 5.74) is 9.58. The van der Waals surface area contributed by atoms with Gasteiger partial charge in [-0.05, 0) is 40.5 Å². The van der Waals surface area contributed by atoms with Crippen LogP contribution in [0.15, 0.2) is 178 Å². The fourth-order valence-electron chi connectivity index (χ4n) is 7.14. The van der Waals surface area contributed by atoms with Crippen molar-refractivity contribution in [2.75, 3.05) is 0 Å². The van der Waals surface area contributed by atoms with Gasteiger partial charge < -0.3 is 9.73 Å². The molecule has 50 heavy (non-hydrogen) atoms. The fraction of sp³-hybridized carbons (Fsp3) is 0.0222. The van der Waals surface area contributed by atoms with Gasteiger partial charge in [0.1, 0.15) is 23.2 Å². The van der Waals surface area contributed by atoms with E-state index in [1.54, 1.807) is 0 Å². The number of aliphatic imine (C=N–C) groups is 2. The van der Waals surface area contributed by atoms with Crippen LogP contribution in [0.25, 0.3) is 64.4 Å². The Kier molecular flexibility index (Phi) is 6.71. The molecule has 0 amide bonds. The monoisotopic (exact) mass is 659 g/mol. The molecule has 1 aliphatic rings. The maximum atomic E-state index is 6.44. The molecule has 236 valence electrons. The van der Waals surface area contributed by atoms with Crippen LogP contribution in [0.4, 0.5) is 0 Å². The molecule has 0 radical (unpaired) electrons. The molecule has 10 rings (SSSR count). The second-order valence-corrected chi connectivity index (χ2v) is 13.7. The number of para-hydroxylation sites is 2. The van der Waals surface area contributed by atoms with E-state index < -0.39 is 0 Å². The lowest BCUT2D eigenvalue weighted by molar-refractivity contribution is 0.670. The second kappa shape index (κ2) is 11.7. The van der Waals surface area contributed by atoms with Gasteiger partial charge in [0, 0.05) is 47.6 Å². The van der Waals surface area contributed by atoms with Crippen molar-refractivity contribution in [3.05, 3.63) is 180 Å². The zero-order valence-electron chi connectivity index (χ0n) is 26.9. The first-order valence-electron chi connectivity index (χ1n) is 16.8. The van der Waals surface area contributed by atoms with E-state index in [9.17, 15) is 0 Å². The van der Waals surface area contributed by atoms with E-state index in [0.717, 1.165) is 61.4 Å². The van der Waals surface area contributed by atoms with Crippen LogP contribution in [0.2, 0.25) is 0 Å². The average Bonchev–Trinajstić information content (AvgIpc) is 3.76. The summed E-state index contributed by atoms with van der Waals surface area (Å²) < 4.78 is 8.90. The van der Waals surface area contributed by atoms with E-state index in [-0.39, 0.29) is 6.17 Å². The molecule has 0 bridgehead atoms. The number of thiophene rings is 1. The van der Waals surface area contributed by atoms with Gasteiger partial charge in [0.2, 0.25) is 0 Å². The van der Waals surface area contributed by atoms with Crippen LogP contribution in [0.5, 0.6) is 0 Å². The van der Waals surface area contributed by atoms with Crippen molar-refractivity contribution in [1.82, 2.24) is 5.32 Å². The molecule has 7 aromatic carbocycles. The molecule has 3 heterocycles. The fourth-order valence-corrected chi connectivity index (χ4v) is 8.32. The molecule has 1 N–H and O–H groups in total. The number of fused-ring (bicyclic) bond motifs is 6. The van der Waals surface area contributed by atoms with Gasteiger partial charge in [0.25, 0.3) is 0 Å². The Morgan fingerprint density at radius 3 is 1.96 bits per heavy atom. The van der Waals surface area contributed by atoms with Crippen molar-refractivity contribution in [2.24, 2.45) is 9.98 Å². The summed E-state index contributed by atoms with van der Waals surface area (Å²) in [4.78, 5) is 10.1. The summed E-state index contributed by atoms with van der Waals surface area (Å²) in [7, 11) is 0. The van der Waals surface area contributed by atoms with Crippen molar-refractivity contribution in [1.29, 1.82) is 0 Å². The molecule has 0 saturated carbocycles. The van der Waals surface area contributed by atoms with Gasteiger partial charge in [-0.25, -0.2) is 9.98 Å². The minimum Gasteiger partial charge on any atom is -0.455 e. The summed E-state index contributed by atoms with van der Waals surface area (Å²) in [5, 5.41) is 8.32. The Morgan fingerprint density at radius 1 is 0.500 bits per heavy atom. The maximum Gasteiger partial charge on any atom is 0.159 e. The summed E-state index contributed by atoms with van der Waals surface area (Å²) in [6, 6.07) is 57.4. The highest BCUT2D eigenvalue weighted by Gasteiger charge is 2.22. The first kappa shape index (κ1) is 28.7.